The number of halogens is 1. The van der Waals surface area contributed by atoms with Crippen LogP contribution < -0.4 is 0 Å². The average Bonchev–Trinajstić information content (AvgIpc) is 2.69. The molecule has 17 heavy (non-hydrogen) atoms. The summed E-state index contributed by atoms with van der Waals surface area (Å²) in [6, 6.07) is -0.256. The van der Waals surface area contributed by atoms with E-state index in [9.17, 15) is 8.42 Å². The van der Waals surface area contributed by atoms with Crippen LogP contribution in [0.4, 0.5) is 0 Å². The third-order valence-corrected chi connectivity index (χ3v) is 5.07. The number of imidazole rings is 1. The molecule has 1 aromatic heterocycles. The molecular weight excluding hydrogens is 262 g/mol. The van der Waals surface area contributed by atoms with Crippen LogP contribution in [0.15, 0.2) is 11.2 Å². The minimum Gasteiger partial charge on any atom is -0.334 e. The number of hydrogen-bond donors (Lipinski definition) is 0. The Kier molecular flexibility index (Phi) is 4.57. The summed E-state index contributed by atoms with van der Waals surface area (Å²) in [4.78, 5) is 4.08. The molecule has 0 saturated carbocycles. The highest BCUT2D eigenvalue weighted by Crippen LogP contribution is 2.16. The first kappa shape index (κ1) is 14.5. The van der Waals surface area contributed by atoms with Gasteiger partial charge in [-0.15, -0.1) is 11.6 Å². The Hall–Kier alpha value is -0.590. The lowest BCUT2D eigenvalue weighted by molar-refractivity contribution is 0.411. The summed E-state index contributed by atoms with van der Waals surface area (Å²) in [5.41, 5.74) is 0. The van der Waals surface area contributed by atoms with Gasteiger partial charge in [0.2, 0.25) is 0 Å². The van der Waals surface area contributed by atoms with Gasteiger partial charge in [0, 0.05) is 31.7 Å². The molecule has 0 aliphatic heterocycles. The lowest BCUT2D eigenvalue weighted by Gasteiger charge is -2.20. The molecule has 1 unspecified atom stereocenters. The number of hydrogen-bond acceptors (Lipinski definition) is 3. The Balaban J connectivity index is 3.13. The van der Waals surface area contributed by atoms with E-state index in [1.807, 2.05) is 6.92 Å². The average molecular weight is 280 g/mol. The van der Waals surface area contributed by atoms with E-state index in [0.29, 0.717) is 12.4 Å². The summed E-state index contributed by atoms with van der Waals surface area (Å²) in [6.07, 6.45) is 1.56. The SMILES string of the molecule is CCn1cc(S(=O)(=O)N(C)C(C)CCl)nc1C. The number of rotatable bonds is 5. The topological polar surface area (TPSA) is 55.2 Å². The van der Waals surface area contributed by atoms with Crippen LogP contribution >= 0.6 is 11.6 Å². The summed E-state index contributed by atoms with van der Waals surface area (Å²) >= 11 is 5.67. The summed E-state index contributed by atoms with van der Waals surface area (Å²) in [7, 11) is -2.03. The molecular formula is C10H18ClN3O2S. The van der Waals surface area contributed by atoms with Gasteiger partial charge in [0.15, 0.2) is 5.03 Å². The van der Waals surface area contributed by atoms with Crippen LogP contribution in [-0.4, -0.2) is 41.2 Å². The molecule has 0 aliphatic rings. The van der Waals surface area contributed by atoms with Crippen LogP contribution in [0.1, 0.15) is 19.7 Å². The number of aryl methyl sites for hydroxylation is 2. The standard InChI is InChI=1S/C10H18ClN3O2S/c1-5-14-7-10(12-9(14)3)17(15,16)13(4)8(2)6-11/h7-8H,5-6H2,1-4H3. The van der Waals surface area contributed by atoms with Gasteiger partial charge in [0.1, 0.15) is 5.82 Å². The normalized spacial score (nSPS) is 14.2. The molecule has 0 radical (unpaired) electrons. The first-order valence-electron chi connectivity index (χ1n) is 5.42. The van der Waals surface area contributed by atoms with Crippen molar-refractivity contribution >= 4 is 21.6 Å². The molecule has 0 saturated heterocycles. The number of aromatic nitrogens is 2. The van der Waals surface area contributed by atoms with E-state index in [1.54, 1.807) is 24.6 Å². The molecule has 1 rings (SSSR count). The minimum atomic E-state index is -3.55. The monoisotopic (exact) mass is 279 g/mol. The third kappa shape index (κ3) is 2.81. The first-order chi connectivity index (χ1) is 7.84. The second kappa shape index (κ2) is 5.37. The minimum absolute atomic E-state index is 0.0799. The fourth-order valence-corrected chi connectivity index (χ4v) is 3.05. The van der Waals surface area contributed by atoms with Crippen LogP contribution in [0.25, 0.3) is 0 Å². The van der Waals surface area contributed by atoms with Gasteiger partial charge >= 0.3 is 0 Å². The zero-order chi connectivity index (χ0) is 13.2. The predicted molar refractivity (Wildman–Crippen MR) is 67.8 cm³/mol. The zero-order valence-electron chi connectivity index (χ0n) is 10.5. The Morgan fingerprint density at radius 1 is 1.59 bits per heavy atom. The summed E-state index contributed by atoms with van der Waals surface area (Å²) in [5.74, 6) is 0.946. The van der Waals surface area contributed by atoms with E-state index in [1.165, 1.54) is 11.4 Å². The Labute approximate surface area is 107 Å². The molecule has 1 aromatic rings. The lowest BCUT2D eigenvalue weighted by Crippen LogP contribution is -2.36. The van der Waals surface area contributed by atoms with Crippen molar-refractivity contribution in [3.05, 3.63) is 12.0 Å². The number of nitrogens with zero attached hydrogens (tertiary/aromatic N) is 3. The molecule has 7 heteroatoms. The van der Waals surface area contributed by atoms with Crippen LogP contribution in [0.2, 0.25) is 0 Å². The third-order valence-electron chi connectivity index (χ3n) is 2.78. The van der Waals surface area contributed by atoms with E-state index >= 15 is 0 Å². The van der Waals surface area contributed by atoms with Crippen molar-refractivity contribution in [1.82, 2.24) is 13.9 Å². The van der Waals surface area contributed by atoms with Crippen LogP contribution in [0.5, 0.6) is 0 Å². The summed E-state index contributed by atoms with van der Waals surface area (Å²) in [5, 5.41) is 0.0799. The largest absolute Gasteiger partial charge is 0.334 e. The van der Waals surface area contributed by atoms with Crippen molar-refractivity contribution in [3.8, 4) is 0 Å². The fourth-order valence-electron chi connectivity index (χ4n) is 1.41. The summed E-state index contributed by atoms with van der Waals surface area (Å²) < 4.78 is 27.5. The molecule has 0 spiro atoms. The fraction of sp³-hybridized carbons (Fsp3) is 0.700. The van der Waals surface area contributed by atoms with Crippen molar-refractivity contribution in [2.75, 3.05) is 12.9 Å². The molecule has 0 bridgehead atoms. The molecule has 0 aliphatic carbocycles. The highest BCUT2D eigenvalue weighted by atomic mass is 35.5. The quantitative estimate of drug-likeness (QED) is 0.767. The molecule has 0 fully saturated rings. The van der Waals surface area contributed by atoms with E-state index < -0.39 is 10.0 Å². The molecule has 0 aromatic carbocycles. The smallest absolute Gasteiger partial charge is 0.262 e. The predicted octanol–water partition coefficient (Wildman–Crippen LogP) is 1.46. The lowest BCUT2D eigenvalue weighted by atomic mass is 10.4. The van der Waals surface area contributed by atoms with Crippen molar-refractivity contribution in [2.45, 2.75) is 38.4 Å². The van der Waals surface area contributed by atoms with E-state index in [0.717, 1.165) is 0 Å². The maximum Gasteiger partial charge on any atom is 0.262 e. The Morgan fingerprint density at radius 2 is 2.18 bits per heavy atom. The van der Waals surface area contributed by atoms with Gasteiger partial charge in [-0.25, -0.2) is 13.4 Å². The van der Waals surface area contributed by atoms with Gasteiger partial charge in [-0.2, -0.15) is 4.31 Å². The van der Waals surface area contributed by atoms with E-state index in [2.05, 4.69) is 4.98 Å². The highest BCUT2D eigenvalue weighted by Gasteiger charge is 2.27. The number of sulfonamides is 1. The van der Waals surface area contributed by atoms with Gasteiger partial charge in [0.25, 0.3) is 10.0 Å². The van der Waals surface area contributed by atoms with Crippen molar-refractivity contribution in [2.24, 2.45) is 0 Å². The van der Waals surface area contributed by atoms with Crippen LogP contribution in [-0.2, 0) is 16.6 Å². The zero-order valence-corrected chi connectivity index (χ0v) is 12.1. The molecule has 98 valence electrons. The molecule has 0 N–H and O–H groups in total. The van der Waals surface area contributed by atoms with Gasteiger partial charge in [-0.3, -0.25) is 0 Å². The first-order valence-corrected chi connectivity index (χ1v) is 7.39. The Bertz CT molecular complexity index is 484. The van der Waals surface area contributed by atoms with Gasteiger partial charge in [-0.1, -0.05) is 0 Å². The van der Waals surface area contributed by atoms with Gasteiger partial charge in [0.05, 0.1) is 0 Å². The van der Waals surface area contributed by atoms with Crippen molar-refractivity contribution in [1.29, 1.82) is 0 Å². The molecule has 5 nitrogen and oxygen atoms in total. The van der Waals surface area contributed by atoms with Crippen LogP contribution in [0, 0.1) is 6.92 Å². The molecule has 1 heterocycles. The Morgan fingerprint density at radius 3 is 2.59 bits per heavy atom. The second-order valence-electron chi connectivity index (χ2n) is 3.94. The molecule has 1 atom stereocenters. The summed E-state index contributed by atoms with van der Waals surface area (Å²) in [6.45, 7) is 6.18. The number of alkyl halides is 1. The second-order valence-corrected chi connectivity index (χ2v) is 6.19. The van der Waals surface area contributed by atoms with Crippen LogP contribution in [0.3, 0.4) is 0 Å². The van der Waals surface area contributed by atoms with Gasteiger partial charge in [-0.05, 0) is 20.8 Å². The maximum absolute atomic E-state index is 12.2. The maximum atomic E-state index is 12.2. The molecule has 0 amide bonds. The van der Waals surface area contributed by atoms with Crippen molar-refractivity contribution < 1.29 is 8.42 Å². The van der Waals surface area contributed by atoms with Gasteiger partial charge < -0.3 is 4.57 Å². The highest BCUT2D eigenvalue weighted by molar-refractivity contribution is 7.89. The van der Waals surface area contributed by atoms with Crippen molar-refractivity contribution in [3.63, 3.8) is 0 Å². The van der Waals surface area contributed by atoms with E-state index in [-0.39, 0.29) is 16.9 Å². The van der Waals surface area contributed by atoms with E-state index in [4.69, 9.17) is 11.6 Å².